The number of methoxy groups -OCH3 is 2. The highest BCUT2D eigenvalue weighted by Crippen LogP contribution is 2.34. The first-order valence-electron chi connectivity index (χ1n) is 8.40. The second-order valence-corrected chi connectivity index (χ2v) is 5.98. The van der Waals surface area contributed by atoms with E-state index in [1.165, 1.54) is 14.2 Å². The number of carbonyl (C=O) groups is 2. The van der Waals surface area contributed by atoms with E-state index in [1.54, 1.807) is 49.4 Å². The van der Waals surface area contributed by atoms with Crippen LogP contribution in [-0.2, 0) is 14.3 Å². The smallest absolute Gasteiger partial charge is 0.341 e. The summed E-state index contributed by atoms with van der Waals surface area (Å²) >= 11 is 0. The minimum absolute atomic E-state index is 0.0936. The third-order valence-corrected chi connectivity index (χ3v) is 3.72. The maximum Gasteiger partial charge on any atom is 0.341 e. The fourth-order valence-corrected chi connectivity index (χ4v) is 2.28. The minimum Gasteiger partial charge on any atom is -0.496 e. The van der Waals surface area contributed by atoms with Crippen molar-refractivity contribution in [3.63, 3.8) is 0 Å². The molecule has 0 aliphatic heterocycles. The van der Waals surface area contributed by atoms with E-state index < -0.39 is 11.9 Å². The first-order chi connectivity index (χ1) is 13.3. The Morgan fingerprint density at radius 3 is 2.07 bits per heavy atom. The van der Waals surface area contributed by atoms with E-state index in [-0.39, 0.29) is 12.2 Å². The molecule has 0 spiro atoms. The first kappa shape index (κ1) is 20.9. The average molecular weight is 382 g/mol. The summed E-state index contributed by atoms with van der Waals surface area (Å²) in [5.74, 6) is 0.217. The lowest BCUT2D eigenvalue weighted by molar-refractivity contribution is -0.131. The van der Waals surface area contributed by atoms with Crippen LogP contribution in [0.4, 0.5) is 0 Å². The molecule has 2 rings (SSSR count). The SMILES string of the molecule is C=C(C)C(=O)Oc1ccc(-c2ccc(OC(=O)C(=C)COC)cc2OC)cc1. The van der Waals surface area contributed by atoms with E-state index in [0.717, 1.165) is 11.1 Å². The number of hydrogen-bond acceptors (Lipinski definition) is 6. The summed E-state index contributed by atoms with van der Waals surface area (Å²) < 4.78 is 20.8. The summed E-state index contributed by atoms with van der Waals surface area (Å²) in [6.45, 7) is 8.84. The van der Waals surface area contributed by atoms with Gasteiger partial charge in [-0.25, -0.2) is 9.59 Å². The van der Waals surface area contributed by atoms with Gasteiger partial charge in [-0.1, -0.05) is 25.3 Å². The molecule has 6 heteroatoms. The monoisotopic (exact) mass is 382 g/mol. The molecule has 0 bridgehead atoms. The molecule has 0 radical (unpaired) electrons. The van der Waals surface area contributed by atoms with E-state index in [4.69, 9.17) is 18.9 Å². The van der Waals surface area contributed by atoms with Crippen LogP contribution in [0.25, 0.3) is 11.1 Å². The Morgan fingerprint density at radius 2 is 1.50 bits per heavy atom. The van der Waals surface area contributed by atoms with Crippen molar-refractivity contribution in [2.45, 2.75) is 6.92 Å². The van der Waals surface area contributed by atoms with Gasteiger partial charge in [0, 0.05) is 24.3 Å². The van der Waals surface area contributed by atoms with Crippen LogP contribution in [0.1, 0.15) is 6.92 Å². The quantitative estimate of drug-likeness (QED) is 0.391. The lowest BCUT2D eigenvalue weighted by Crippen LogP contribution is -2.13. The number of esters is 2. The van der Waals surface area contributed by atoms with Crippen LogP contribution < -0.4 is 14.2 Å². The van der Waals surface area contributed by atoms with Crippen LogP contribution in [0.5, 0.6) is 17.2 Å². The fraction of sp³-hybridized carbons (Fsp3) is 0.182. The van der Waals surface area contributed by atoms with E-state index in [2.05, 4.69) is 13.2 Å². The van der Waals surface area contributed by atoms with Crippen molar-refractivity contribution < 1.29 is 28.5 Å². The molecule has 0 atom stereocenters. The van der Waals surface area contributed by atoms with E-state index in [0.29, 0.717) is 22.8 Å². The zero-order chi connectivity index (χ0) is 20.7. The maximum atomic E-state index is 11.9. The first-order valence-corrected chi connectivity index (χ1v) is 8.40. The van der Waals surface area contributed by atoms with Gasteiger partial charge in [0.1, 0.15) is 17.2 Å². The summed E-state index contributed by atoms with van der Waals surface area (Å²) in [4.78, 5) is 23.5. The van der Waals surface area contributed by atoms with Crippen molar-refractivity contribution in [3.8, 4) is 28.4 Å². The normalized spacial score (nSPS) is 10.1. The Bertz CT molecular complexity index is 896. The van der Waals surface area contributed by atoms with Gasteiger partial charge < -0.3 is 18.9 Å². The van der Waals surface area contributed by atoms with Crippen molar-refractivity contribution in [3.05, 3.63) is 66.8 Å². The van der Waals surface area contributed by atoms with Crippen molar-refractivity contribution in [1.29, 1.82) is 0 Å². The summed E-state index contributed by atoms with van der Waals surface area (Å²) in [6.07, 6.45) is 0. The molecule has 2 aromatic rings. The maximum absolute atomic E-state index is 11.9. The lowest BCUT2D eigenvalue weighted by Gasteiger charge is -2.12. The highest BCUT2D eigenvalue weighted by atomic mass is 16.5. The summed E-state index contributed by atoms with van der Waals surface area (Å²) in [5.41, 5.74) is 2.17. The van der Waals surface area contributed by atoms with Gasteiger partial charge in [0.05, 0.1) is 19.3 Å². The molecule has 28 heavy (non-hydrogen) atoms. The van der Waals surface area contributed by atoms with Crippen molar-refractivity contribution in [2.75, 3.05) is 20.8 Å². The van der Waals surface area contributed by atoms with Gasteiger partial charge >= 0.3 is 11.9 Å². The molecule has 0 saturated carbocycles. The molecule has 0 heterocycles. The van der Waals surface area contributed by atoms with Gasteiger partial charge in [0.15, 0.2) is 0 Å². The van der Waals surface area contributed by atoms with E-state index in [9.17, 15) is 9.59 Å². The van der Waals surface area contributed by atoms with Crippen LogP contribution >= 0.6 is 0 Å². The highest BCUT2D eigenvalue weighted by Gasteiger charge is 2.13. The Balaban J connectivity index is 2.20. The van der Waals surface area contributed by atoms with Gasteiger partial charge in [0.2, 0.25) is 0 Å². The van der Waals surface area contributed by atoms with E-state index >= 15 is 0 Å². The lowest BCUT2D eigenvalue weighted by atomic mass is 10.0. The van der Waals surface area contributed by atoms with Gasteiger partial charge in [-0.05, 0) is 36.8 Å². The number of carbonyl (C=O) groups excluding carboxylic acids is 2. The molecule has 6 nitrogen and oxygen atoms in total. The zero-order valence-electron chi connectivity index (χ0n) is 16.1. The Labute approximate surface area is 164 Å². The second kappa shape index (κ2) is 9.53. The number of benzene rings is 2. The molecular formula is C22H22O6. The Morgan fingerprint density at radius 1 is 0.893 bits per heavy atom. The summed E-state index contributed by atoms with van der Waals surface area (Å²) in [7, 11) is 3.00. The van der Waals surface area contributed by atoms with Gasteiger partial charge in [-0.15, -0.1) is 0 Å². The molecule has 0 saturated heterocycles. The Hall–Kier alpha value is -3.38. The molecule has 0 aliphatic carbocycles. The summed E-state index contributed by atoms with van der Waals surface area (Å²) in [5, 5.41) is 0. The van der Waals surface area contributed by atoms with Crippen molar-refractivity contribution in [1.82, 2.24) is 0 Å². The Kier molecular flexibility index (Phi) is 7.12. The molecule has 0 amide bonds. The molecule has 2 aromatic carbocycles. The average Bonchev–Trinajstić information content (AvgIpc) is 2.68. The predicted molar refractivity (Wildman–Crippen MR) is 106 cm³/mol. The fourth-order valence-electron chi connectivity index (χ4n) is 2.28. The number of rotatable bonds is 8. The van der Waals surface area contributed by atoms with Crippen LogP contribution in [0.2, 0.25) is 0 Å². The number of ether oxygens (including phenoxy) is 4. The van der Waals surface area contributed by atoms with E-state index in [1.807, 2.05) is 0 Å². The van der Waals surface area contributed by atoms with Crippen LogP contribution in [0, 0.1) is 0 Å². The zero-order valence-corrected chi connectivity index (χ0v) is 16.1. The molecule has 0 aromatic heterocycles. The van der Waals surface area contributed by atoms with Crippen LogP contribution in [-0.4, -0.2) is 32.8 Å². The van der Waals surface area contributed by atoms with Crippen LogP contribution in [0.15, 0.2) is 66.8 Å². The molecule has 0 aliphatic rings. The van der Waals surface area contributed by atoms with Crippen molar-refractivity contribution >= 4 is 11.9 Å². The van der Waals surface area contributed by atoms with Gasteiger partial charge in [-0.2, -0.15) is 0 Å². The largest absolute Gasteiger partial charge is 0.496 e. The van der Waals surface area contributed by atoms with Gasteiger partial charge in [-0.3, -0.25) is 0 Å². The third kappa shape index (κ3) is 5.31. The molecule has 146 valence electrons. The second-order valence-electron chi connectivity index (χ2n) is 5.98. The third-order valence-electron chi connectivity index (χ3n) is 3.72. The van der Waals surface area contributed by atoms with Gasteiger partial charge in [0.25, 0.3) is 0 Å². The number of hydrogen-bond donors (Lipinski definition) is 0. The van der Waals surface area contributed by atoms with Crippen LogP contribution in [0.3, 0.4) is 0 Å². The predicted octanol–water partition coefficient (Wildman–Crippen LogP) is 3.95. The standard InChI is InChI=1S/C22H22O6/c1-14(2)21(23)27-17-8-6-16(7-9-17)19-11-10-18(12-20(19)26-5)28-22(24)15(3)13-25-4/h6-12H,1,3,13H2,2,4-5H3. The molecule has 0 fully saturated rings. The minimum atomic E-state index is -0.569. The summed E-state index contributed by atoms with van der Waals surface area (Å²) in [6, 6.07) is 12.0. The molecule has 0 unspecified atom stereocenters. The molecular weight excluding hydrogens is 360 g/mol. The topological polar surface area (TPSA) is 71.1 Å². The highest BCUT2D eigenvalue weighted by molar-refractivity contribution is 5.90. The molecule has 0 N–H and O–H groups in total. The van der Waals surface area contributed by atoms with Crippen molar-refractivity contribution in [2.24, 2.45) is 0 Å².